The van der Waals surface area contributed by atoms with Crippen molar-refractivity contribution in [2.45, 2.75) is 18.7 Å². The molecule has 6 nitrogen and oxygen atoms in total. The lowest BCUT2D eigenvalue weighted by molar-refractivity contribution is -0.123. The molecule has 0 bridgehead atoms. The summed E-state index contributed by atoms with van der Waals surface area (Å²) in [5.41, 5.74) is -0.660. The summed E-state index contributed by atoms with van der Waals surface area (Å²) >= 11 is 0. The summed E-state index contributed by atoms with van der Waals surface area (Å²) in [6.07, 6.45) is -3.15. The van der Waals surface area contributed by atoms with E-state index in [2.05, 4.69) is 4.18 Å². The van der Waals surface area contributed by atoms with Crippen molar-refractivity contribution >= 4 is 15.9 Å². The largest absolute Gasteiger partial charge is 0.460 e. The van der Waals surface area contributed by atoms with Gasteiger partial charge in [0.25, 0.3) is 0 Å². The molecule has 130 valence electrons. The zero-order valence-electron chi connectivity index (χ0n) is 24.5. The Hall–Kier alpha value is -2.80. The van der Waals surface area contributed by atoms with Gasteiger partial charge in [-0.1, -0.05) is 59.9 Å². The Bertz CT molecular complexity index is 1470. The predicted octanol–water partition coefficient (Wildman–Crippen LogP) is 2.31. The van der Waals surface area contributed by atoms with Crippen LogP contribution in [-0.4, -0.2) is 14.2 Å². The average Bonchev–Trinajstić information content (AvgIpc) is 3.01. The number of carbonyl (C=O) groups is 1. The molecule has 0 aliphatic carbocycles. The Morgan fingerprint density at radius 3 is 2.52 bits per heavy atom. The van der Waals surface area contributed by atoms with Crippen LogP contribution in [0.4, 0.5) is 0 Å². The Kier molecular flexibility index (Phi) is 2.01. The minimum absolute atomic E-state index is 0.111. The molecule has 0 saturated carbocycles. The Labute approximate surface area is 162 Å². The van der Waals surface area contributed by atoms with E-state index in [4.69, 9.17) is 26.9 Å². The van der Waals surface area contributed by atoms with Crippen LogP contribution in [0.25, 0.3) is 0 Å². The number of hydrogen-bond donors (Lipinski definition) is 1. The zero-order valence-corrected chi connectivity index (χ0v) is 13.3. The summed E-state index contributed by atoms with van der Waals surface area (Å²) in [5.74, 6) is -4.32. The quantitative estimate of drug-likeness (QED) is 0.810. The van der Waals surface area contributed by atoms with Crippen LogP contribution < -0.4 is 5.73 Å². The van der Waals surface area contributed by atoms with Gasteiger partial charge in [0.1, 0.15) is 5.70 Å². The van der Waals surface area contributed by atoms with E-state index in [1.165, 1.54) is 6.92 Å². The van der Waals surface area contributed by atoms with Crippen molar-refractivity contribution in [1.29, 1.82) is 0 Å². The Morgan fingerprint density at radius 1 is 1.24 bits per heavy atom. The van der Waals surface area contributed by atoms with Crippen LogP contribution in [-0.2, 0) is 29.5 Å². The van der Waals surface area contributed by atoms with Gasteiger partial charge in [-0.25, -0.2) is 0 Å². The maximum atomic E-state index is 13.1. The highest BCUT2D eigenvalue weighted by molar-refractivity contribution is 7.86. The van der Waals surface area contributed by atoms with Crippen LogP contribution in [0.2, 0.25) is 0 Å². The lowest BCUT2D eigenvalue weighted by atomic mass is 10.0. The topological polar surface area (TPSA) is 95.7 Å². The van der Waals surface area contributed by atoms with Gasteiger partial charge in [0.15, 0.2) is 6.08 Å². The third kappa shape index (κ3) is 3.83. The molecule has 0 saturated heterocycles. The van der Waals surface area contributed by atoms with E-state index in [0.717, 1.165) is 0 Å². The van der Waals surface area contributed by atoms with Gasteiger partial charge < -0.3 is 14.7 Å². The van der Waals surface area contributed by atoms with E-state index in [1.54, 1.807) is 0 Å². The van der Waals surface area contributed by atoms with E-state index in [9.17, 15) is 13.2 Å². The standard InChI is InChI=1S/C18H17NO5S/c1-12-7-9-14(10-8-12)16-15(20)17(18(19)23-16)24-25(21,22)11-13-5-3-2-4-6-13/h2-10,16H,11,19H2,1H3/t16-/m0/s1/i2D,3D,4D,5D,6D,7D,8D,9D,10D,11D2,16D. The molecule has 2 aromatic rings. The fourth-order valence-electron chi connectivity index (χ4n) is 1.71. The molecule has 0 unspecified atom stereocenters. The second-order valence-electron chi connectivity index (χ2n) is 4.59. The zero-order chi connectivity index (χ0) is 28.6. The molecule has 7 heteroatoms. The Morgan fingerprint density at radius 2 is 1.88 bits per heavy atom. The maximum absolute atomic E-state index is 13.1. The summed E-state index contributed by atoms with van der Waals surface area (Å²) in [5, 5.41) is 0. The molecular formula is C18H17NO5S. The molecule has 0 amide bonds. The van der Waals surface area contributed by atoms with Gasteiger partial charge in [0.2, 0.25) is 17.4 Å². The van der Waals surface area contributed by atoms with Crippen molar-refractivity contribution in [2.75, 3.05) is 0 Å². The van der Waals surface area contributed by atoms with Crippen LogP contribution in [0.5, 0.6) is 0 Å². The molecule has 0 aromatic heterocycles. The number of ether oxygens (including phenoxy) is 1. The molecule has 2 aromatic carbocycles. The van der Waals surface area contributed by atoms with Crippen LogP contribution >= 0.6 is 0 Å². The van der Waals surface area contributed by atoms with Gasteiger partial charge in [-0.3, -0.25) is 4.79 Å². The first kappa shape index (κ1) is 7.61. The first-order chi connectivity index (χ1) is 16.7. The highest BCUT2D eigenvalue weighted by Crippen LogP contribution is 2.32. The molecule has 0 spiro atoms. The van der Waals surface area contributed by atoms with Gasteiger partial charge in [-0.05, 0) is 12.5 Å². The fraction of sp³-hybridized carbons (Fsp3) is 0.167. The summed E-state index contributed by atoms with van der Waals surface area (Å²) < 4.78 is 130. The molecule has 0 radical (unpaired) electrons. The average molecular weight is 371 g/mol. The van der Waals surface area contributed by atoms with Gasteiger partial charge in [0, 0.05) is 5.56 Å². The number of carbonyl (C=O) groups excluding carboxylic acids is 1. The SMILES string of the molecule is [2H]c1c([2H])c([2H])c(C([2H])([2H])S(=O)(=O)OC2=C(N)O[C@@]([2H])(c3c([2H])c([2H])c(C)c([2H])c3[2H])C2=O)c([2H])c1[2H]. The number of benzene rings is 2. The molecular weight excluding hydrogens is 342 g/mol. The molecule has 1 aliphatic heterocycles. The monoisotopic (exact) mass is 371 g/mol. The second-order valence-corrected chi connectivity index (χ2v) is 5.87. The number of Topliss-reactive ketones (excluding diaryl/α,β-unsaturated/α-hetero) is 1. The number of nitrogens with two attached hydrogens (primary N) is 1. The summed E-state index contributed by atoms with van der Waals surface area (Å²) in [6, 6.07) is -8.33. The minimum Gasteiger partial charge on any atom is -0.460 e. The third-order valence-electron chi connectivity index (χ3n) is 2.75. The van der Waals surface area contributed by atoms with Gasteiger partial charge >= 0.3 is 10.1 Å². The lowest BCUT2D eigenvalue weighted by Crippen LogP contribution is -2.16. The molecule has 25 heavy (non-hydrogen) atoms. The molecule has 1 heterocycles. The van der Waals surface area contributed by atoms with Crippen molar-refractivity contribution in [3.63, 3.8) is 0 Å². The van der Waals surface area contributed by atoms with Crippen LogP contribution in [0, 0.1) is 6.92 Å². The normalized spacial score (nSPS) is 27.8. The lowest BCUT2D eigenvalue weighted by Gasteiger charge is -2.10. The van der Waals surface area contributed by atoms with Gasteiger partial charge in [0.05, 0.1) is 16.4 Å². The van der Waals surface area contributed by atoms with E-state index in [-0.39, 0.29) is 5.56 Å². The van der Waals surface area contributed by atoms with Crippen LogP contribution in [0.15, 0.2) is 66.0 Å². The summed E-state index contributed by atoms with van der Waals surface area (Å²) in [4.78, 5) is 13.1. The summed E-state index contributed by atoms with van der Waals surface area (Å²) in [6.45, 7) is 1.26. The fourth-order valence-corrected chi connectivity index (χ4v) is 2.48. The van der Waals surface area contributed by atoms with Crippen molar-refractivity contribution in [1.82, 2.24) is 0 Å². The minimum atomic E-state index is -5.75. The maximum Gasteiger partial charge on any atom is 0.313 e. The van der Waals surface area contributed by atoms with Crippen molar-refractivity contribution in [3.8, 4) is 0 Å². The highest BCUT2D eigenvalue weighted by atomic mass is 32.2. The number of hydrogen-bond acceptors (Lipinski definition) is 6. The van der Waals surface area contributed by atoms with E-state index in [1.807, 2.05) is 0 Å². The molecule has 1 aliphatic rings. The Balaban J connectivity index is 2.12. The van der Waals surface area contributed by atoms with Crippen LogP contribution in [0.1, 0.15) is 39.2 Å². The van der Waals surface area contributed by atoms with E-state index < -0.39 is 105 Å². The van der Waals surface area contributed by atoms with Crippen LogP contribution in [0.3, 0.4) is 0 Å². The van der Waals surface area contributed by atoms with Gasteiger partial charge in [-0.15, -0.1) is 0 Å². The number of ketones is 1. The first-order valence-corrected chi connectivity index (χ1v) is 7.97. The second kappa shape index (κ2) is 6.60. The molecule has 2 N–H and O–H groups in total. The van der Waals surface area contributed by atoms with Crippen molar-refractivity contribution < 1.29 is 38.6 Å². The highest BCUT2D eigenvalue weighted by Gasteiger charge is 2.39. The number of rotatable bonds is 5. The molecule has 3 rings (SSSR count). The first-order valence-electron chi connectivity index (χ1n) is 12.6. The van der Waals surface area contributed by atoms with E-state index >= 15 is 0 Å². The predicted molar refractivity (Wildman–Crippen MR) is 91.4 cm³/mol. The van der Waals surface area contributed by atoms with Crippen molar-refractivity contribution in [3.05, 3.63) is 82.7 Å². The van der Waals surface area contributed by atoms with Gasteiger partial charge in [-0.2, -0.15) is 8.42 Å². The third-order valence-corrected chi connectivity index (χ3v) is 3.59. The summed E-state index contributed by atoms with van der Waals surface area (Å²) in [7, 11) is -5.75. The smallest absolute Gasteiger partial charge is 0.313 e. The molecule has 1 atom stereocenters. The van der Waals surface area contributed by atoms with Crippen molar-refractivity contribution in [2.24, 2.45) is 5.73 Å². The van der Waals surface area contributed by atoms with E-state index in [0.29, 0.717) is 0 Å². The molecule has 0 fully saturated rings.